The van der Waals surface area contributed by atoms with E-state index >= 15 is 0 Å². The number of nitrogens with one attached hydrogen (secondary N) is 2. The molecule has 5 nitrogen and oxygen atoms in total. The fourth-order valence-electron chi connectivity index (χ4n) is 2.30. The number of carboxylic acids is 1. The van der Waals surface area contributed by atoms with Gasteiger partial charge in [0.05, 0.1) is 5.92 Å². The van der Waals surface area contributed by atoms with Crippen molar-refractivity contribution in [2.24, 2.45) is 5.92 Å². The number of aliphatic carboxylic acids is 1. The molecule has 1 saturated carbocycles. The van der Waals surface area contributed by atoms with Crippen LogP contribution in [-0.4, -0.2) is 23.1 Å². The first-order valence-electron chi connectivity index (χ1n) is 6.43. The van der Waals surface area contributed by atoms with E-state index in [1.54, 1.807) is 11.3 Å². The van der Waals surface area contributed by atoms with Crippen LogP contribution in [0.15, 0.2) is 16.8 Å². The van der Waals surface area contributed by atoms with Crippen molar-refractivity contribution in [2.75, 3.05) is 0 Å². The van der Waals surface area contributed by atoms with E-state index in [9.17, 15) is 9.59 Å². The van der Waals surface area contributed by atoms with Gasteiger partial charge in [-0.3, -0.25) is 4.79 Å². The first-order chi connectivity index (χ1) is 9.15. The molecule has 0 radical (unpaired) electrons. The lowest BCUT2D eigenvalue weighted by Crippen LogP contribution is -2.43. The molecule has 1 fully saturated rings. The largest absolute Gasteiger partial charge is 0.481 e. The zero-order valence-electron chi connectivity index (χ0n) is 10.6. The maximum atomic E-state index is 11.7. The highest BCUT2D eigenvalue weighted by molar-refractivity contribution is 7.07. The summed E-state index contributed by atoms with van der Waals surface area (Å²) in [5, 5.41) is 18.6. The molecule has 0 aromatic carbocycles. The average molecular weight is 282 g/mol. The van der Waals surface area contributed by atoms with Crippen LogP contribution in [-0.2, 0) is 11.3 Å². The summed E-state index contributed by atoms with van der Waals surface area (Å²) in [4.78, 5) is 22.5. The molecule has 1 aliphatic rings. The molecule has 0 atom stereocenters. The maximum Gasteiger partial charge on any atom is 0.315 e. The Morgan fingerprint density at radius 3 is 2.63 bits per heavy atom. The summed E-state index contributed by atoms with van der Waals surface area (Å²) in [5.74, 6) is -0.965. The number of urea groups is 1. The summed E-state index contributed by atoms with van der Waals surface area (Å²) in [6.45, 7) is 0.528. The van der Waals surface area contributed by atoms with Gasteiger partial charge in [0.1, 0.15) is 0 Å². The fraction of sp³-hybridized carbons (Fsp3) is 0.538. The van der Waals surface area contributed by atoms with Crippen molar-refractivity contribution in [3.8, 4) is 0 Å². The van der Waals surface area contributed by atoms with Gasteiger partial charge >= 0.3 is 12.0 Å². The minimum atomic E-state index is -0.722. The van der Waals surface area contributed by atoms with E-state index in [-0.39, 0.29) is 18.0 Å². The van der Waals surface area contributed by atoms with Crippen LogP contribution in [0.2, 0.25) is 0 Å². The Morgan fingerprint density at radius 1 is 1.32 bits per heavy atom. The first-order valence-corrected chi connectivity index (χ1v) is 7.37. The molecule has 0 spiro atoms. The van der Waals surface area contributed by atoms with Crippen LogP contribution < -0.4 is 10.6 Å². The number of carbonyl (C=O) groups is 2. The Balaban J connectivity index is 1.67. The van der Waals surface area contributed by atoms with Gasteiger partial charge in [-0.05, 0) is 48.1 Å². The molecule has 1 aromatic heterocycles. The predicted octanol–water partition coefficient (Wildman–Crippen LogP) is 2.19. The fourth-order valence-corrected chi connectivity index (χ4v) is 2.97. The summed E-state index contributed by atoms with van der Waals surface area (Å²) in [6.07, 6.45) is 2.77. The SMILES string of the molecule is O=C(NCc1ccsc1)NC1CCC(C(=O)O)CC1. The molecular formula is C13H18N2O3S. The van der Waals surface area contributed by atoms with Crippen molar-refractivity contribution in [3.63, 3.8) is 0 Å². The van der Waals surface area contributed by atoms with Crippen LogP contribution in [0.1, 0.15) is 31.2 Å². The van der Waals surface area contributed by atoms with Crippen molar-refractivity contribution in [1.29, 1.82) is 0 Å². The zero-order chi connectivity index (χ0) is 13.7. The minimum absolute atomic E-state index is 0.0954. The van der Waals surface area contributed by atoms with Crippen molar-refractivity contribution < 1.29 is 14.7 Å². The Hall–Kier alpha value is -1.56. The number of carboxylic acid groups (broad SMARTS) is 1. The Morgan fingerprint density at radius 2 is 2.05 bits per heavy atom. The molecule has 2 amide bonds. The van der Waals surface area contributed by atoms with E-state index in [1.807, 2.05) is 16.8 Å². The quantitative estimate of drug-likeness (QED) is 0.792. The minimum Gasteiger partial charge on any atom is -0.481 e. The lowest BCUT2D eigenvalue weighted by Gasteiger charge is -2.26. The summed E-state index contributed by atoms with van der Waals surface area (Å²) < 4.78 is 0. The molecule has 19 heavy (non-hydrogen) atoms. The van der Waals surface area contributed by atoms with Crippen LogP contribution in [0.3, 0.4) is 0 Å². The van der Waals surface area contributed by atoms with Gasteiger partial charge in [0.2, 0.25) is 0 Å². The summed E-state index contributed by atoms with van der Waals surface area (Å²) in [7, 11) is 0. The van der Waals surface area contributed by atoms with Crippen molar-refractivity contribution >= 4 is 23.3 Å². The van der Waals surface area contributed by atoms with Crippen molar-refractivity contribution in [2.45, 2.75) is 38.3 Å². The lowest BCUT2D eigenvalue weighted by molar-refractivity contribution is -0.142. The molecule has 1 aromatic rings. The third kappa shape index (κ3) is 4.24. The number of amides is 2. The second kappa shape index (κ2) is 6.56. The highest BCUT2D eigenvalue weighted by Gasteiger charge is 2.26. The van der Waals surface area contributed by atoms with Gasteiger partial charge in [-0.1, -0.05) is 0 Å². The van der Waals surface area contributed by atoms with Gasteiger partial charge < -0.3 is 15.7 Å². The normalized spacial score (nSPS) is 22.7. The Bertz CT molecular complexity index is 425. The van der Waals surface area contributed by atoms with Gasteiger partial charge in [0.15, 0.2) is 0 Å². The van der Waals surface area contributed by atoms with Crippen molar-refractivity contribution in [3.05, 3.63) is 22.4 Å². The van der Waals surface area contributed by atoms with E-state index in [0.29, 0.717) is 19.4 Å². The van der Waals surface area contributed by atoms with Crippen molar-refractivity contribution in [1.82, 2.24) is 10.6 Å². The molecule has 1 heterocycles. The topological polar surface area (TPSA) is 78.4 Å². The van der Waals surface area contributed by atoms with E-state index in [4.69, 9.17) is 5.11 Å². The van der Waals surface area contributed by atoms with Crippen LogP contribution in [0.25, 0.3) is 0 Å². The summed E-state index contributed by atoms with van der Waals surface area (Å²) in [6, 6.07) is 1.89. The number of carbonyl (C=O) groups excluding carboxylic acids is 1. The van der Waals surface area contributed by atoms with Gasteiger partial charge in [0, 0.05) is 12.6 Å². The van der Waals surface area contributed by atoms with E-state index in [1.165, 1.54) is 0 Å². The van der Waals surface area contributed by atoms with E-state index in [2.05, 4.69) is 10.6 Å². The van der Waals surface area contributed by atoms with Crippen LogP contribution in [0.5, 0.6) is 0 Å². The van der Waals surface area contributed by atoms with Gasteiger partial charge in [-0.15, -0.1) is 0 Å². The molecule has 0 saturated heterocycles. The van der Waals surface area contributed by atoms with E-state index < -0.39 is 5.97 Å². The number of hydrogen-bond acceptors (Lipinski definition) is 3. The predicted molar refractivity (Wildman–Crippen MR) is 73.1 cm³/mol. The second-order valence-corrected chi connectivity index (χ2v) is 5.63. The standard InChI is InChI=1S/C13H18N2O3S/c16-12(17)10-1-3-11(4-2-10)15-13(18)14-7-9-5-6-19-8-9/h5-6,8,10-11H,1-4,7H2,(H,16,17)(H2,14,15,18). The smallest absolute Gasteiger partial charge is 0.315 e. The monoisotopic (exact) mass is 282 g/mol. The second-order valence-electron chi connectivity index (χ2n) is 4.85. The van der Waals surface area contributed by atoms with Crippen LogP contribution in [0.4, 0.5) is 4.79 Å². The maximum absolute atomic E-state index is 11.7. The molecule has 0 unspecified atom stereocenters. The molecule has 3 N–H and O–H groups in total. The molecule has 6 heteroatoms. The summed E-state index contributed by atoms with van der Waals surface area (Å²) >= 11 is 1.60. The van der Waals surface area contributed by atoms with Gasteiger partial charge in [0.25, 0.3) is 0 Å². The summed E-state index contributed by atoms with van der Waals surface area (Å²) in [5.41, 5.74) is 1.09. The Labute approximate surface area is 116 Å². The molecule has 0 aliphatic heterocycles. The first kappa shape index (κ1) is 13.9. The molecule has 104 valence electrons. The average Bonchev–Trinajstić information content (AvgIpc) is 2.90. The molecular weight excluding hydrogens is 264 g/mol. The van der Waals surface area contributed by atoms with Crippen LogP contribution >= 0.6 is 11.3 Å². The van der Waals surface area contributed by atoms with E-state index in [0.717, 1.165) is 18.4 Å². The Kier molecular flexibility index (Phi) is 4.79. The molecule has 2 rings (SSSR count). The third-order valence-electron chi connectivity index (χ3n) is 3.44. The zero-order valence-corrected chi connectivity index (χ0v) is 11.4. The molecule has 1 aliphatic carbocycles. The highest BCUT2D eigenvalue weighted by atomic mass is 32.1. The third-order valence-corrected chi connectivity index (χ3v) is 4.18. The lowest BCUT2D eigenvalue weighted by atomic mass is 9.86. The highest BCUT2D eigenvalue weighted by Crippen LogP contribution is 2.24. The number of hydrogen-bond donors (Lipinski definition) is 3. The molecule has 0 bridgehead atoms. The van der Waals surface area contributed by atoms with Gasteiger partial charge in [-0.25, -0.2) is 4.79 Å². The number of thiophene rings is 1. The van der Waals surface area contributed by atoms with Gasteiger partial charge in [-0.2, -0.15) is 11.3 Å². The number of rotatable bonds is 4. The van der Waals surface area contributed by atoms with Crippen LogP contribution in [0, 0.1) is 5.92 Å².